The van der Waals surface area contributed by atoms with Crippen LogP contribution >= 0.6 is 0 Å². The molecular weight excluding hydrogens is 366 g/mol. The molecule has 1 saturated heterocycles. The van der Waals surface area contributed by atoms with Crippen LogP contribution in [-0.4, -0.2) is 70.3 Å². The van der Waals surface area contributed by atoms with Gasteiger partial charge in [-0.2, -0.15) is 0 Å². The Labute approximate surface area is 172 Å². The Bertz CT molecular complexity index is 850. The Morgan fingerprint density at radius 3 is 2.52 bits per heavy atom. The van der Waals surface area contributed by atoms with Gasteiger partial charge in [0.15, 0.2) is 6.61 Å². The Balaban J connectivity index is 1.38. The number of aromatic nitrogens is 3. The molecule has 0 radical (unpaired) electrons. The first-order valence-corrected chi connectivity index (χ1v) is 10.6. The van der Waals surface area contributed by atoms with Crippen LogP contribution in [0.2, 0.25) is 0 Å². The van der Waals surface area contributed by atoms with Gasteiger partial charge in [0, 0.05) is 32.0 Å². The lowest BCUT2D eigenvalue weighted by Crippen LogP contribution is -2.37. The summed E-state index contributed by atoms with van der Waals surface area (Å²) in [5.41, 5.74) is 2.12. The quantitative estimate of drug-likeness (QED) is 0.791. The number of amides is 1. The highest BCUT2D eigenvalue weighted by Crippen LogP contribution is 2.27. The summed E-state index contributed by atoms with van der Waals surface area (Å²) in [5.74, 6) is 3.44. The number of aryl methyl sites for hydroxylation is 2. The predicted octanol–water partition coefficient (Wildman–Crippen LogP) is 2.17. The molecule has 2 aliphatic rings. The van der Waals surface area contributed by atoms with Crippen molar-refractivity contribution in [2.75, 3.05) is 39.8 Å². The number of ether oxygens (including phenoxy) is 1. The Morgan fingerprint density at radius 2 is 1.79 bits per heavy atom. The van der Waals surface area contributed by atoms with Crippen LogP contribution in [0.4, 0.5) is 0 Å². The van der Waals surface area contributed by atoms with Gasteiger partial charge in [0.05, 0.1) is 0 Å². The van der Waals surface area contributed by atoms with Gasteiger partial charge in [-0.05, 0) is 58.0 Å². The molecule has 0 spiro atoms. The van der Waals surface area contributed by atoms with E-state index in [0.29, 0.717) is 19.0 Å². The molecule has 7 heteroatoms. The number of fused-ring (bicyclic) bond motifs is 1. The zero-order valence-electron chi connectivity index (χ0n) is 17.7. The zero-order valence-corrected chi connectivity index (χ0v) is 17.7. The molecule has 4 rings (SSSR count). The SMILES string of the molecule is Cc1cccc(C)c1OCC(=O)N1CCc2nnc(C3CCN(C)CC3)n2CC1. The number of hydrogen-bond donors (Lipinski definition) is 0. The second-order valence-electron chi connectivity index (χ2n) is 8.34. The molecule has 29 heavy (non-hydrogen) atoms. The first-order chi connectivity index (χ1) is 14.0. The lowest BCUT2D eigenvalue weighted by Gasteiger charge is -2.28. The van der Waals surface area contributed by atoms with Crippen LogP contribution in [0.1, 0.15) is 41.5 Å². The first-order valence-electron chi connectivity index (χ1n) is 10.6. The number of benzene rings is 1. The summed E-state index contributed by atoms with van der Waals surface area (Å²) in [6, 6.07) is 6.02. The lowest BCUT2D eigenvalue weighted by atomic mass is 9.96. The molecule has 3 heterocycles. The molecule has 0 bridgehead atoms. The number of nitrogens with zero attached hydrogens (tertiary/aromatic N) is 5. The van der Waals surface area contributed by atoms with E-state index in [4.69, 9.17) is 4.74 Å². The van der Waals surface area contributed by atoms with Crippen molar-refractivity contribution >= 4 is 5.91 Å². The molecule has 7 nitrogen and oxygen atoms in total. The Hall–Kier alpha value is -2.41. The van der Waals surface area contributed by atoms with E-state index in [1.54, 1.807) is 0 Å². The normalized spacial score (nSPS) is 18.4. The number of piperidine rings is 1. The minimum Gasteiger partial charge on any atom is -0.483 e. The third-order valence-corrected chi connectivity index (χ3v) is 6.24. The van der Waals surface area contributed by atoms with E-state index in [-0.39, 0.29) is 12.5 Å². The molecule has 1 aromatic carbocycles. The summed E-state index contributed by atoms with van der Waals surface area (Å²) >= 11 is 0. The van der Waals surface area contributed by atoms with Gasteiger partial charge in [-0.1, -0.05) is 18.2 Å². The van der Waals surface area contributed by atoms with E-state index in [9.17, 15) is 4.79 Å². The third kappa shape index (κ3) is 4.29. The highest BCUT2D eigenvalue weighted by Gasteiger charge is 2.27. The van der Waals surface area contributed by atoms with Crippen molar-refractivity contribution in [2.24, 2.45) is 0 Å². The van der Waals surface area contributed by atoms with Gasteiger partial charge >= 0.3 is 0 Å². The molecule has 1 aromatic heterocycles. The average molecular weight is 398 g/mol. The highest BCUT2D eigenvalue weighted by atomic mass is 16.5. The van der Waals surface area contributed by atoms with Crippen molar-refractivity contribution in [2.45, 2.75) is 45.6 Å². The van der Waals surface area contributed by atoms with E-state index in [1.165, 1.54) is 0 Å². The zero-order chi connectivity index (χ0) is 20.4. The minimum absolute atomic E-state index is 0.0345. The number of para-hydroxylation sites is 1. The van der Waals surface area contributed by atoms with Gasteiger partial charge in [-0.3, -0.25) is 4.79 Å². The monoisotopic (exact) mass is 397 g/mol. The molecule has 0 atom stereocenters. The van der Waals surface area contributed by atoms with Crippen molar-refractivity contribution in [3.8, 4) is 5.75 Å². The molecule has 2 aromatic rings. The van der Waals surface area contributed by atoms with Gasteiger partial charge < -0.3 is 19.1 Å². The maximum atomic E-state index is 12.8. The van der Waals surface area contributed by atoms with Crippen LogP contribution in [0.25, 0.3) is 0 Å². The number of carbonyl (C=O) groups excluding carboxylic acids is 1. The van der Waals surface area contributed by atoms with Crippen molar-refractivity contribution in [3.63, 3.8) is 0 Å². The standard InChI is InChI=1S/C22H31N5O2/c1-16-5-4-6-17(2)21(16)29-15-20(28)26-12-9-19-23-24-22(27(19)14-13-26)18-7-10-25(3)11-8-18/h4-6,18H,7-15H2,1-3H3. The number of hydrogen-bond acceptors (Lipinski definition) is 5. The van der Waals surface area contributed by atoms with E-state index >= 15 is 0 Å². The molecule has 0 aliphatic carbocycles. The molecule has 156 valence electrons. The second kappa shape index (κ2) is 8.53. The Kier molecular flexibility index (Phi) is 5.85. The lowest BCUT2D eigenvalue weighted by molar-refractivity contribution is -0.133. The van der Waals surface area contributed by atoms with Crippen LogP contribution in [0, 0.1) is 13.8 Å². The largest absolute Gasteiger partial charge is 0.483 e. The Morgan fingerprint density at radius 1 is 1.07 bits per heavy atom. The molecule has 2 aliphatic heterocycles. The van der Waals surface area contributed by atoms with E-state index in [1.807, 2.05) is 36.9 Å². The summed E-state index contributed by atoms with van der Waals surface area (Å²) in [6.07, 6.45) is 3.00. The summed E-state index contributed by atoms with van der Waals surface area (Å²) in [6.45, 7) is 8.41. The van der Waals surface area contributed by atoms with E-state index in [2.05, 4.69) is 26.7 Å². The van der Waals surface area contributed by atoms with Crippen molar-refractivity contribution < 1.29 is 9.53 Å². The highest BCUT2D eigenvalue weighted by molar-refractivity contribution is 5.78. The van der Waals surface area contributed by atoms with Gasteiger partial charge in [0.25, 0.3) is 5.91 Å². The number of carbonyl (C=O) groups is 1. The molecule has 0 N–H and O–H groups in total. The van der Waals surface area contributed by atoms with Crippen LogP contribution < -0.4 is 4.74 Å². The molecule has 1 fully saturated rings. The van der Waals surface area contributed by atoms with Crippen molar-refractivity contribution in [3.05, 3.63) is 41.0 Å². The van der Waals surface area contributed by atoms with Crippen molar-refractivity contribution in [1.29, 1.82) is 0 Å². The molecule has 0 unspecified atom stereocenters. The van der Waals surface area contributed by atoms with Gasteiger partial charge in [-0.15, -0.1) is 10.2 Å². The van der Waals surface area contributed by atoms with Gasteiger partial charge in [-0.25, -0.2) is 0 Å². The fourth-order valence-electron chi connectivity index (χ4n) is 4.42. The van der Waals surface area contributed by atoms with Crippen LogP contribution in [-0.2, 0) is 17.8 Å². The van der Waals surface area contributed by atoms with Crippen LogP contribution in [0.5, 0.6) is 5.75 Å². The van der Waals surface area contributed by atoms with E-state index < -0.39 is 0 Å². The third-order valence-electron chi connectivity index (χ3n) is 6.24. The topological polar surface area (TPSA) is 63.5 Å². The van der Waals surface area contributed by atoms with Crippen LogP contribution in [0.15, 0.2) is 18.2 Å². The van der Waals surface area contributed by atoms with E-state index in [0.717, 1.165) is 67.4 Å². The summed E-state index contributed by atoms with van der Waals surface area (Å²) < 4.78 is 8.14. The summed E-state index contributed by atoms with van der Waals surface area (Å²) in [5, 5.41) is 8.97. The number of likely N-dealkylation sites (tertiary alicyclic amines) is 1. The average Bonchev–Trinajstić information content (AvgIpc) is 2.99. The summed E-state index contributed by atoms with van der Waals surface area (Å²) in [4.78, 5) is 17.1. The molecular formula is C22H31N5O2. The van der Waals surface area contributed by atoms with Crippen LogP contribution in [0.3, 0.4) is 0 Å². The molecule has 1 amide bonds. The maximum Gasteiger partial charge on any atom is 0.260 e. The van der Waals surface area contributed by atoms with Gasteiger partial charge in [0.2, 0.25) is 0 Å². The fourth-order valence-corrected chi connectivity index (χ4v) is 4.42. The van der Waals surface area contributed by atoms with Gasteiger partial charge in [0.1, 0.15) is 17.4 Å². The second-order valence-corrected chi connectivity index (χ2v) is 8.34. The maximum absolute atomic E-state index is 12.8. The van der Waals surface area contributed by atoms with Crippen molar-refractivity contribution in [1.82, 2.24) is 24.6 Å². The number of rotatable bonds is 4. The predicted molar refractivity (Wildman–Crippen MR) is 111 cm³/mol. The first kappa shape index (κ1) is 19.9. The smallest absolute Gasteiger partial charge is 0.260 e. The summed E-state index contributed by atoms with van der Waals surface area (Å²) in [7, 11) is 2.17. The minimum atomic E-state index is 0.0345. The fraction of sp³-hybridized carbons (Fsp3) is 0.591. The molecule has 0 saturated carbocycles.